The largest absolute Gasteiger partial charge is 0.271 e. The molecule has 1 heterocycles. The summed E-state index contributed by atoms with van der Waals surface area (Å²) in [5, 5.41) is 4.48. The third-order valence-corrected chi connectivity index (χ3v) is 3.89. The van der Waals surface area contributed by atoms with E-state index in [0.717, 1.165) is 12.8 Å². The molecular formula is C11H18Br2N2. The summed E-state index contributed by atoms with van der Waals surface area (Å²) in [6.45, 7) is 4.33. The van der Waals surface area contributed by atoms with Gasteiger partial charge >= 0.3 is 0 Å². The average molecular weight is 338 g/mol. The predicted molar refractivity (Wildman–Crippen MR) is 71.6 cm³/mol. The van der Waals surface area contributed by atoms with Gasteiger partial charge in [-0.3, -0.25) is 4.68 Å². The van der Waals surface area contributed by atoms with Crippen LogP contribution in [0.5, 0.6) is 0 Å². The number of aromatic nitrogens is 2. The van der Waals surface area contributed by atoms with Gasteiger partial charge in [-0.25, -0.2) is 0 Å². The smallest absolute Gasteiger partial charge is 0.0766 e. The molecule has 0 aliphatic carbocycles. The van der Waals surface area contributed by atoms with Crippen LogP contribution in [0, 0.1) is 0 Å². The minimum atomic E-state index is 0.607. The molecule has 4 heteroatoms. The van der Waals surface area contributed by atoms with Gasteiger partial charge in [-0.05, 0) is 41.6 Å². The van der Waals surface area contributed by atoms with E-state index in [0.29, 0.717) is 4.83 Å². The molecule has 0 aliphatic heterocycles. The number of hydrogen-bond donors (Lipinski definition) is 0. The van der Waals surface area contributed by atoms with E-state index in [-0.39, 0.29) is 0 Å². The number of nitrogens with zero attached hydrogens (tertiary/aromatic N) is 2. The molecule has 2 nitrogen and oxygen atoms in total. The van der Waals surface area contributed by atoms with Crippen molar-refractivity contribution < 1.29 is 0 Å². The van der Waals surface area contributed by atoms with Gasteiger partial charge < -0.3 is 0 Å². The van der Waals surface area contributed by atoms with Crippen molar-refractivity contribution in [2.24, 2.45) is 7.05 Å². The molecule has 1 unspecified atom stereocenters. The molecule has 0 bridgehead atoms. The SMILES string of the molecule is CCc1nn(C)c(CCCC(C)Br)c1Br. The van der Waals surface area contributed by atoms with Crippen molar-refractivity contribution in [3.05, 3.63) is 15.9 Å². The zero-order chi connectivity index (χ0) is 11.4. The molecule has 0 spiro atoms. The fraction of sp³-hybridized carbons (Fsp3) is 0.727. The number of hydrogen-bond acceptors (Lipinski definition) is 1. The Bertz CT molecular complexity index is 319. The lowest BCUT2D eigenvalue weighted by Gasteiger charge is -2.04. The number of aryl methyl sites for hydroxylation is 2. The molecule has 0 saturated heterocycles. The van der Waals surface area contributed by atoms with Crippen LogP contribution in [-0.2, 0) is 19.9 Å². The van der Waals surface area contributed by atoms with Gasteiger partial charge in [0, 0.05) is 11.9 Å². The monoisotopic (exact) mass is 336 g/mol. The Balaban J connectivity index is 2.64. The summed E-state index contributed by atoms with van der Waals surface area (Å²) in [5.74, 6) is 0. The highest BCUT2D eigenvalue weighted by atomic mass is 79.9. The minimum absolute atomic E-state index is 0.607. The van der Waals surface area contributed by atoms with Crippen molar-refractivity contribution in [1.82, 2.24) is 9.78 Å². The fourth-order valence-electron chi connectivity index (χ4n) is 1.64. The van der Waals surface area contributed by atoms with Crippen molar-refractivity contribution >= 4 is 31.9 Å². The standard InChI is InChI=1S/C11H18Br2N2/c1-4-9-11(13)10(15(3)14-9)7-5-6-8(2)12/h8H,4-7H2,1-3H3. The fourth-order valence-corrected chi connectivity index (χ4v) is 2.78. The molecular weight excluding hydrogens is 320 g/mol. The van der Waals surface area contributed by atoms with Gasteiger partial charge in [0.15, 0.2) is 0 Å². The first-order valence-corrected chi connectivity index (χ1v) is 7.11. The topological polar surface area (TPSA) is 17.8 Å². The van der Waals surface area contributed by atoms with Gasteiger partial charge in [-0.1, -0.05) is 29.8 Å². The molecule has 0 radical (unpaired) electrons. The van der Waals surface area contributed by atoms with Gasteiger partial charge in [0.05, 0.1) is 15.9 Å². The van der Waals surface area contributed by atoms with Gasteiger partial charge in [0.25, 0.3) is 0 Å². The summed E-state index contributed by atoms with van der Waals surface area (Å²) in [5.41, 5.74) is 2.49. The minimum Gasteiger partial charge on any atom is -0.271 e. The van der Waals surface area contributed by atoms with Crippen molar-refractivity contribution in [1.29, 1.82) is 0 Å². The maximum atomic E-state index is 4.48. The van der Waals surface area contributed by atoms with Crippen LogP contribution in [0.3, 0.4) is 0 Å². The third-order valence-electron chi connectivity index (χ3n) is 2.52. The first kappa shape index (κ1) is 13.2. The summed E-state index contributed by atoms with van der Waals surface area (Å²) in [4.78, 5) is 0.607. The Morgan fingerprint density at radius 1 is 1.47 bits per heavy atom. The number of halogens is 2. The quantitative estimate of drug-likeness (QED) is 0.746. The molecule has 0 aliphatic rings. The summed E-state index contributed by atoms with van der Waals surface area (Å²) in [7, 11) is 2.02. The van der Waals surface area contributed by atoms with Gasteiger partial charge in [0.2, 0.25) is 0 Å². The van der Waals surface area contributed by atoms with Crippen molar-refractivity contribution in [3.8, 4) is 0 Å². The van der Waals surface area contributed by atoms with E-state index in [2.05, 4.69) is 50.8 Å². The van der Waals surface area contributed by atoms with E-state index >= 15 is 0 Å². The van der Waals surface area contributed by atoms with E-state index in [1.54, 1.807) is 0 Å². The molecule has 86 valence electrons. The zero-order valence-electron chi connectivity index (χ0n) is 9.56. The summed E-state index contributed by atoms with van der Waals surface area (Å²) in [6.07, 6.45) is 4.50. The first-order chi connectivity index (χ1) is 7.06. The maximum absolute atomic E-state index is 4.48. The van der Waals surface area contributed by atoms with E-state index < -0.39 is 0 Å². The average Bonchev–Trinajstić information content (AvgIpc) is 2.44. The Morgan fingerprint density at radius 3 is 2.60 bits per heavy atom. The second kappa shape index (κ2) is 6.04. The van der Waals surface area contributed by atoms with Gasteiger partial charge in [-0.2, -0.15) is 5.10 Å². The maximum Gasteiger partial charge on any atom is 0.0766 e. The van der Waals surface area contributed by atoms with E-state index in [1.165, 1.54) is 28.7 Å². The second-order valence-electron chi connectivity index (χ2n) is 3.86. The Labute approximate surface area is 109 Å². The Morgan fingerprint density at radius 2 is 2.13 bits per heavy atom. The number of alkyl halides is 1. The highest BCUT2D eigenvalue weighted by Gasteiger charge is 2.11. The highest BCUT2D eigenvalue weighted by molar-refractivity contribution is 9.10. The van der Waals surface area contributed by atoms with Crippen molar-refractivity contribution in [3.63, 3.8) is 0 Å². The molecule has 0 N–H and O–H groups in total. The highest BCUT2D eigenvalue weighted by Crippen LogP contribution is 2.23. The van der Waals surface area contributed by atoms with Crippen LogP contribution in [0.4, 0.5) is 0 Å². The molecule has 1 aromatic heterocycles. The van der Waals surface area contributed by atoms with E-state index in [4.69, 9.17) is 0 Å². The van der Waals surface area contributed by atoms with Crippen LogP contribution >= 0.6 is 31.9 Å². The lowest BCUT2D eigenvalue weighted by atomic mass is 10.1. The molecule has 1 atom stereocenters. The molecule has 0 amide bonds. The molecule has 15 heavy (non-hydrogen) atoms. The van der Waals surface area contributed by atoms with Crippen molar-refractivity contribution in [2.75, 3.05) is 0 Å². The van der Waals surface area contributed by atoms with E-state index in [9.17, 15) is 0 Å². The van der Waals surface area contributed by atoms with Crippen LogP contribution in [0.1, 0.15) is 38.1 Å². The molecule has 0 aromatic carbocycles. The van der Waals surface area contributed by atoms with Gasteiger partial charge in [-0.15, -0.1) is 0 Å². The van der Waals surface area contributed by atoms with Crippen LogP contribution in [0.2, 0.25) is 0 Å². The van der Waals surface area contributed by atoms with Crippen LogP contribution < -0.4 is 0 Å². The van der Waals surface area contributed by atoms with E-state index in [1.807, 2.05) is 11.7 Å². The molecule has 0 fully saturated rings. The summed E-state index contributed by atoms with van der Waals surface area (Å²) in [6, 6.07) is 0. The lowest BCUT2D eigenvalue weighted by Crippen LogP contribution is -2.00. The molecule has 0 saturated carbocycles. The van der Waals surface area contributed by atoms with Crippen molar-refractivity contribution in [2.45, 2.75) is 44.4 Å². The normalized spacial score (nSPS) is 13.1. The van der Waals surface area contributed by atoms with Gasteiger partial charge in [0.1, 0.15) is 0 Å². The van der Waals surface area contributed by atoms with Crippen LogP contribution in [0.15, 0.2) is 4.47 Å². The Hall–Kier alpha value is 0.170. The summed E-state index contributed by atoms with van der Waals surface area (Å²) < 4.78 is 3.21. The van der Waals surface area contributed by atoms with Crippen LogP contribution in [0.25, 0.3) is 0 Å². The summed E-state index contributed by atoms with van der Waals surface area (Å²) >= 11 is 7.20. The number of rotatable bonds is 5. The second-order valence-corrected chi connectivity index (χ2v) is 6.21. The zero-order valence-corrected chi connectivity index (χ0v) is 12.7. The third kappa shape index (κ3) is 3.59. The van der Waals surface area contributed by atoms with Crippen LogP contribution in [-0.4, -0.2) is 14.6 Å². The predicted octanol–water partition coefficient (Wildman–Crippen LogP) is 3.85. The Kier molecular flexibility index (Phi) is 5.33. The lowest BCUT2D eigenvalue weighted by molar-refractivity contribution is 0.655. The molecule has 1 rings (SSSR count). The molecule has 1 aromatic rings. The first-order valence-electron chi connectivity index (χ1n) is 5.40.